The van der Waals surface area contributed by atoms with Gasteiger partial charge in [0.15, 0.2) is 0 Å². The lowest BCUT2D eigenvalue weighted by Crippen LogP contribution is -2.56. The number of carbonyl (C=O) groups is 1. The summed E-state index contributed by atoms with van der Waals surface area (Å²) < 4.78 is 1.71. The molecular weight excluding hydrogens is 194 g/mol. The summed E-state index contributed by atoms with van der Waals surface area (Å²) in [5, 5.41) is 16.4. The van der Waals surface area contributed by atoms with E-state index in [1.807, 2.05) is 19.3 Å². The van der Waals surface area contributed by atoms with Crippen LogP contribution >= 0.6 is 0 Å². The largest absolute Gasteiger partial charge is 0.480 e. The maximum absolute atomic E-state index is 11.0. The van der Waals surface area contributed by atoms with Crippen LogP contribution in [0.4, 0.5) is 0 Å². The molecule has 2 rings (SSSR count). The first-order valence-electron chi connectivity index (χ1n) is 5.09. The smallest absolute Gasteiger partial charge is 0.323 e. The minimum Gasteiger partial charge on any atom is -0.480 e. The summed E-state index contributed by atoms with van der Waals surface area (Å²) >= 11 is 0. The Kier molecular flexibility index (Phi) is 2.48. The van der Waals surface area contributed by atoms with Crippen LogP contribution in [0.3, 0.4) is 0 Å². The molecule has 0 radical (unpaired) electrons. The summed E-state index contributed by atoms with van der Waals surface area (Å²) in [6.07, 6.45) is 4.27. The van der Waals surface area contributed by atoms with Crippen LogP contribution in [0.15, 0.2) is 12.3 Å². The number of carboxylic acids is 1. The van der Waals surface area contributed by atoms with Crippen LogP contribution in [0.2, 0.25) is 0 Å². The van der Waals surface area contributed by atoms with Crippen molar-refractivity contribution in [3.8, 4) is 0 Å². The zero-order chi connectivity index (χ0) is 10.9. The fraction of sp³-hybridized carbons (Fsp3) is 0.600. The lowest BCUT2D eigenvalue weighted by Gasteiger charge is -2.38. The van der Waals surface area contributed by atoms with Gasteiger partial charge in [-0.05, 0) is 25.3 Å². The number of nitrogens with one attached hydrogen (secondary N) is 1. The Labute approximate surface area is 88.1 Å². The third-order valence-electron chi connectivity index (χ3n) is 2.99. The predicted molar refractivity (Wildman–Crippen MR) is 54.3 cm³/mol. The molecule has 0 saturated heterocycles. The fourth-order valence-corrected chi connectivity index (χ4v) is 1.81. The predicted octanol–water partition coefficient (Wildman–Crippen LogP) is 0.517. The number of aliphatic carboxylic acids is 1. The van der Waals surface area contributed by atoms with Gasteiger partial charge in [0, 0.05) is 19.8 Å². The normalized spacial score (nSPS) is 18.5. The number of aromatic nitrogens is 2. The Morgan fingerprint density at radius 1 is 1.73 bits per heavy atom. The molecule has 1 fully saturated rings. The molecule has 5 nitrogen and oxygen atoms in total. The van der Waals surface area contributed by atoms with Crippen molar-refractivity contribution in [3.63, 3.8) is 0 Å². The van der Waals surface area contributed by atoms with Gasteiger partial charge in [-0.1, -0.05) is 0 Å². The Bertz CT molecular complexity index is 368. The van der Waals surface area contributed by atoms with Crippen LogP contribution in [0.25, 0.3) is 0 Å². The molecule has 0 amide bonds. The van der Waals surface area contributed by atoms with E-state index in [1.165, 1.54) is 0 Å². The highest BCUT2D eigenvalue weighted by atomic mass is 16.4. The van der Waals surface area contributed by atoms with Crippen molar-refractivity contribution in [2.24, 2.45) is 7.05 Å². The van der Waals surface area contributed by atoms with Gasteiger partial charge in [0.1, 0.15) is 5.54 Å². The molecule has 82 valence electrons. The zero-order valence-electron chi connectivity index (χ0n) is 8.73. The van der Waals surface area contributed by atoms with E-state index in [4.69, 9.17) is 5.11 Å². The zero-order valence-corrected chi connectivity index (χ0v) is 8.73. The molecule has 5 heteroatoms. The van der Waals surface area contributed by atoms with E-state index < -0.39 is 11.5 Å². The van der Waals surface area contributed by atoms with Crippen molar-refractivity contribution < 1.29 is 9.90 Å². The monoisotopic (exact) mass is 209 g/mol. The molecule has 1 saturated carbocycles. The maximum atomic E-state index is 11.0. The Balaban J connectivity index is 1.95. The van der Waals surface area contributed by atoms with E-state index in [1.54, 1.807) is 4.68 Å². The van der Waals surface area contributed by atoms with E-state index in [-0.39, 0.29) is 0 Å². The van der Waals surface area contributed by atoms with E-state index in [0.29, 0.717) is 6.54 Å². The molecule has 1 aliphatic carbocycles. The van der Waals surface area contributed by atoms with E-state index in [9.17, 15) is 4.79 Å². The maximum Gasteiger partial charge on any atom is 0.323 e. The minimum absolute atomic E-state index is 0.521. The summed E-state index contributed by atoms with van der Waals surface area (Å²) in [6.45, 7) is 0.521. The van der Waals surface area contributed by atoms with Crippen molar-refractivity contribution in [1.82, 2.24) is 15.1 Å². The Morgan fingerprint density at radius 2 is 2.47 bits per heavy atom. The van der Waals surface area contributed by atoms with Crippen molar-refractivity contribution in [2.45, 2.75) is 31.3 Å². The van der Waals surface area contributed by atoms with Gasteiger partial charge in [0.05, 0.1) is 5.69 Å². The number of hydrogen-bond acceptors (Lipinski definition) is 3. The molecular formula is C10H15N3O2. The lowest BCUT2D eigenvalue weighted by molar-refractivity contribution is -0.148. The van der Waals surface area contributed by atoms with Crippen molar-refractivity contribution in [2.75, 3.05) is 0 Å². The van der Waals surface area contributed by atoms with Crippen LogP contribution < -0.4 is 5.32 Å². The third-order valence-corrected chi connectivity index (χ3v) is 2.99. The molecule has 1 aromatic rings. The average molecular weight is 209 g/mol. The number of rotatable bonds is 4. The van der Waals surface area contributed by atoms with Crippen LogP contribution in [0.5, 0.6) is 0 Å². The van der Waals surface area contributed by atoms with Crippen LogP contribution in [0, 0.1) is 0 Å². The third kappa shape index (κ3) is 1.87. The average Bonchev–Trinajstić information content (AvgIpc) is 2.49. The van der Waals surface area contributed by atoms with E-state index in [2.05, 4.69) is 10.4 Å². The summed E-state index contributed by atoms with van der Waals surface area (Å²) in [7, 11) is 1.85. The lowest BCUT2D eigenvalue weighted by atomic mass is 9.77. The summed E-state index contributed by atoms with van der Waals surface area (Å²) in [5.74, 6) is -0.746. The van der Waals surface area contributed by atoms with Crippen molar-refractivity contribution in [3.05, 3.63) is 18.0 Å². The quantitative estimate of drug-likeness (QED) is 0.758. The molecule has 0 atom stereocenters. The molecule has 0 aliphatic heterocycles. The molecule has 0 unspecified atom stereocenters. The molecule has 1 aliphatic rings. The molecule has 1 aromatic heterocycles. The molecule has 0 spiro atoms. The van der Waals surface area contributed by atoms with Crippen molar-refractivity contribution >= 4 is 5.97 Å². The van der Waals surface area contributed by atoms with Gasteiger partial charge in [0.2, 0.25) is 0 Å². The van der Waals surface area contributed by atoms with Crippen LogP contribution in [0.1, 0.15) is 25.0 Å². The van der Waals surface area contributed by atoms with Crippen LogP contribution in [-0.4, -0.2) is 26.4 Å². The van der Waals surface area contributed by atoms with Gasteiger partial charge >= 0.3 is 5.97 Å². The minimum atomic E-state index is -0.746. The highest BCUT2D eigenvalue weighted by Gasteiger charge is 2.43. The van der Waals surface area contributed by atoms with E-state index in [0.717, 1.165) is 25.0 Å². The first kappa shape index (κ1) is 10.2. The standard InChI is InChI=1S/C10H15N3O2/c1-13-6-3-8(12-13)7-11-10(9(14)15)4-2-5-10/h3,6,11H,2,4-5,7H2,1H3,(H,14,15). The van der Waals surface area contributed by atoms with Gasteiger partial charge in [-0.25, -0.2) is 0 Å². The second kappa shape index (κ2) is 3.66. The SMILES string of the molecule is Cn1ccc(CNC2(C(=O)O)CCC2)n1. The first-order valence-corrected chi connectivity index (χ1v) is 5.09. The molecule has 15 heavy (non-hydrogen) atoms. The first-order chi connectivity index (χ1) is 7.12. The van der Waals surface area contributed by atoms with Crippen molar-refractivity contribution in [1.29, 1.82) is 0 Å². The Morgan fingerprint density at radius 3 is 2.87 bits per heavy atom. The second-order valence-electron chi connectivity index (χ2n) is 4.08. The van der Waals surface area contributed by atoms with Gasteiger partial charge in [0.25, 0.3) is 0 Å². The number of nitrogens with zero attached hydrogens (tertiary/aromatic N) is 2. The van der Waals surface area contributed by atoms with Gasteiger partial charge in [-0.3, -0.25) is 14.8 Å². The highest BCUT2D eigenvalue weighted by molar-refractivity contribution is 5.79. The number of carboxylic acid groups (broad SMARTS) is 1. The fourth-order valence-electron chi connectivity index (χ4n) is 1.81. The number of aryl methyl sites for hydroxylation is 1. The second-order valence-corrected chi connectivity index (χ2v) is 4.08. The van der Waals surface area contributed by atoms with Gasteiger partial charge in [-0.15, -0.1) is 0 Å². The number of hydrogen-bond donors (Lipinski definition) is 2. The molecule has 0 aromatic carbocycles. The van der Waals surface area contributed by atoms with Gasteiger partial charge in [-0.2, -0.15) is 5.10 Å². The summed E-state index contributed by atoms with van der Waals surface area (Å²) in [6, 6.07) is 1.89. The highest BCUT2D eigenvalue weighted by Crippen LogP contribution is 2.32. The van der Waals surface area contributed by atoms with E-state index >= 15 is 0 Å². The van der Waals surface area contributed by atoms with Crippen LogP contribution in [-0.2, 0) is 18.4 Å². The molecule has 0 bridgehead atoms. The molecule has 1 heterocycles. The topological polar surface area (TPSA) is 67.2 Å². The molecule has 2 N–H and O–H groups in total. The van der Waals surface area contributed by atoms with Gasteiger partial charge < -0.3 is 5.11 Å². The summed E-state index contributed by atoms with van der Waals surface area (Å²) in [5.41, 5.74) is 0.183. The Hall–Kier alpha value is -1.36. The summed E-state index contributed by atoms with van der Waals surface area (Å²) in [4.78, 5) is 11.0.